The van der Waals surface area contributed by atoms with Crippen molar-refractivity contribution in [3.63, 3.8) is 0 Å². The number of ether oxygens (including phenoxy) is 1. The van der Waals surface area contributed by atoms with Crippen LogP contribution in [0.15, 0.2) is 35.5 Å². The van der Waals surface area contributed by atoms with Gasteiger partial charge in [0.2, 0.25) is 0 Å². The monoisotopic (exact) mass is 318 g/mol. The van der Waals surface area contributed by atoms with Gasteiger partial charge in [-0.05, 0) is 49.6 Å². The van der Waals surface area contributed by atoms with Crippen LogP contribution in [0.4, 0.5) is 4.39 Å². The summed E-state index contributed by atoms with van der Waals surface area (Å²) in [6, 6.07) is 6.28. The Morgan fingerprint density at radius 3 is 2.91 bits per heavy atom. The van der Waals surface area contributed by atoms with Crippen molar-refractivity contribution < 1.29 is 9.13 Å². The highest BCUT2D eigenvalue weighted by atomic mass is 35.5. The van der Waals surface area contributed by atoms with Gasteiger partial charge in [0.15, 0.2) is 0 Å². The summed E-state index contributed by atoms with van der Waals surface area (Å²) in [4.78, 5) is 8.88. The number of aromatic nitrogens is 1. The van der Waals surface area contributed by atoms with Gasteiger partial charge >= 0.3 is 0 Å². The van der Waals surface area contributed by atoms with Crippen molar-refractivity contribution in [1.82, 2.24) is 4.98 Å². The van der Waals surface area contributed by atoms with Gasteiger partial charge in [0.25, 0.3) is 0 Å². The molecule has 0 saturated carbocycles. The fourth-order valence-electron chi connectivity index (χ4n) is 2.85. The Labute approximate surface area is 133 Å². The number of rotatable bonds is 2. The van der Waals surface area contributed by atoms with Gasteiger partial charge < -0.3 is 4.74 Å². The largest absolute Gasteiger partial charge is 0.496 e. The van der Waals surface area contributed by atoms with Gasteiger partial charge in [-0.15, -0.1) is 0 Å². The van der Waals surface area contributed by atoms with Gasteiger partial charge in [0, 0.05) is 23.0 Å². The molecule has 0 saturated heterocycles. The van der Waals surface area contributed by atoms with Crippen LogP contribution in [0, 0.1) is 5.82 Å². The number of halogens is 2. The smallest absolute Gasteiger partial charge is 0.129 e. The topological polar surface area (TPSA) is 34.5 Å². The van der Waals surface area contributed by atoms with E-state index in [1.54, 1.807) is 19.4 Å². The Balaban J connectivity index is 2.03. The first-order valence-electron chi connectivity index (χ1n) is 7.11. The minimum Gasteiger partial charge on any atom is -0.496 e. The standard InChI is InChI=1S/C17H16ClFN2O/c1-10-14-9-20-17(18)7-11(14)3-5-15(21-10)13-8-12(19)4-6-16(13)22-2/h4,6-9,15H,3,5H2,1-2H3. The molecule has 2 heterocycles. The van der Waals surface area contributed by atoms with E-state index < -0.39 is 0 Å². The maximum absolute atomic E-state index is 13.6. The number of fused-ring (bicyclic) bond motifs is 1. The molecule has 1 aromatic carbocycles. The van der Waals surface area contributed by atoms with E-state index in [2.05, 4.69) is 4.98 Å². The number of aryl methyl sites for hydroxylation is 1. The second-order valence-electron chi connectivity index (χ2n) is 5.32. The Morgan fingerprint density at radius 1 is 1.32 bits per heavy atom. The summed E-state index contributed by atoms with van der Waals surface area (Å²) in [7, 11) is 1.59. The van der Waals surface area contributed by atoms with E-state index in [9.17, 15) is 4.39 Å². The minimum atomic E-state index is -0.282. The van der Waals surface area contributed by atoms with Crippen LogP contribution in [-0.2, 0) is 6.42 Å². The molecule has 0 spiro atoms. The molecule has 22 heavy (non-hydrogen) atoms. The third-order valence-corrected chi connectivity index (χ3v) is 4.14. The lowest BCUT2D eigenvalue weighted by atomic mass is 9.98. The highest BCUT2D eigenvalue weighted by molar-refractivity contribution is 6.29. The van der Waals surface area contributed by atoms with Crippen molar-refractivity contribution in [2.45, 2.75) is 25.8 Å². The van der Waals surface area contributed by atoms with Crippen LogP contribution in [0.5, 0.6) is 5.75 Å². The van der Waals surface area contributed by atoms with E-state index in [0.29, 0.717) is 10.9 Å². The van der Waals surface area contributed by atoms with Crippen LogP contribution in [0.1, 0.15) is 36.1 Å². The van der Waals surface area contributed by atoms with Crippen LogP contribution >= 0.6 is 11.6 Å². The molecule has 2 aromatic rings. The molecule has 0 radical (unpaired) electrons. The Morgan fingerprint density at radius 2 is 2.14 bits per heavy atom. The van der Waals surface area contributed by atoms with Crippen LogP contribution in [0.25, 0.3) is 0 Å². The van der Waals surface area contributed by atoms with Crippen molar-refractivity contribution in [1.29, 1.82) is 0 Å². The predicted octanol–water partition coefficient (Wildman–Crippen LogP) is 4.38. The molecule has 0 aliphatic carbocycles. The molecular weight excluding hydrogens is 303 g/mol. The number of hydrogen-bond donors (Lipinski definition) is 0. The summed E-state index contributed by atoms with van der Waals surface area (Å²) in [5.74, 6) is 0.375. The van der Waals surface area contributed by atoms with Crippen molar-refractivity contribution in [3.8, 4) is 5.75 Å². The minimum absolute atomic E-state index is 0.142. The van der Waals surface area contributed by atoms with E-state index >= 15 is 0 Å². The molecule has 0 N–H and O–H groups in total. The zero-order valence-electron chi connectivity index (χ0n) is 12.4. The van der Waals surface area contributed by atoms with Crippen molar-refractivity contribution in [3.05, 3.63) is 58.1 Å². The molecule has 1 aromatic heterocycles. The molecule has 114 valence electrons. The van der Waals surface area contributed by atoms with Gasteiger partial charge in [-0.1, -0.05) is 11.6 Å². The fourth-order valence-corrected chi connectivity index (χ4v) is 3.03. The molecular formula is C17H16ClFN2O. The van der Waals surface area contributed by atoms with Gasteiger partial charge in [-0.2, -0.15) is 0 Å². The highest BCUT2D eigenvalue weighted by Crippen LogP contribution is 2.34. The first-order chi connectivity index (χ1) is 10.6. The summed E-state index contributed by atoms with van der Waals surface area (Å²) in [6.45, 7) is 1.94. The van der Waals surface area contributed by atoms with Gasteiger partial charge in [-0.25, -0.2) is 9.37 Å². The molecule has 5 heteroatoms. The van der Waals surface area contributed by atoms with Crippen molar-refractivity contribution >= 4 is 17.3 Å². The van der Waals surface area contributed by atoms with Gasteiger partial charge in [0.05, 0.1) is 13.2 Å². The van der Waals surface area contributed by atoms with Crippen molar-refractivity contribution in [2.24, 2.45) is 4.99 Å². The molecule has 1 aliphatic rings. The van der Waals surface area contributed by atoms with E-state index in [-0.39, 0.29) is 11.9 Å². The maximum atomic E-state index is 13.6. The summed E-state index contributed by atoms with van der Waals surface area (Å²) in [5, 5.41) is 0.480. The first kappa shape index (κ1) is 15.0. The average Bonchev–Trinajstić information content (AvgIpc) is 2.66. The fraction of sp³-hybridized carbons (Fsp3) is 0.294. The van der Waals surface area contributed by atoms with E-state index in [1.165, 1.54) is 12.1 Å². The van der Waals surface area contributed by atoms with Gasteiger partial charge in [0.1, 0.15) is 16.7 Å². The van der Waals surface area contributed by atoms with E-state index in [1.807, 2.05) is 13.0 Å². The third-order valence-electron chi connectivity index (χ3n) is 3.93. The number of pyridine rings is 1. The molecule has 1 unspecified atom stereocenters. The Hall–Kier alpha value is -1.94. The molecule has 3 nitrogen and oxygen atoms in total. The lowest BCUT2D eigenvalue weighted by molar-refractivity contribution is 0.403. The first-order valence-corrected chi connectivity index (χ1v) is 7.49. The Bertz CT molecular complexity index is 745. The molecule has 1 atom stereocenters. The van der Waals surface area contributed by atoms with Crippen molar-refractivity contribution in [2.75, 3.05) is 7.11 Å². The van der Waals surface area contributed by atoms with Crippen LogP contribution in [0.3, 0.4) is 0 Å². The number of methoxy groups -OCH3 is 1. The predicted molar refractivity (Wildman–Crippen MR) is 85.5 cm³/mol. The highest BCUT2D eigenvalue weighted by Gasteiger charge is 2.21. The second kappa shape index (κ2) is 6.05. The lowest BCUT2D eigenvalue weighted by Crippen LogP contribution is -2.02. The van der Waals surface area contributed by atoms with Gasteiger partial charge in [-0.3, -0.25) is 4.99 Å². The van der Waals surface area contributed by atoms with E-state index in [4.69, 9.17) is 21.3 Å². The zero-order chi connectivity index (χ0) is 15.7. The maximum Gasteiger partial charge on any atom is 0.129 e. The summed E-state index contributed by atoms with van der Waals surface area (Å²) in [6.07, 6.45) is 3.33. The Kier molecular flexibility index (Phi) is 4.12. The molecule has 1 aliphatic heterocycles. The zero-order valence-corrected chi connectivity index (χ0v) is 13.2. The SMILES string of the molecule is COc1ccc(F)cc1C1CCc2cc(Cl)ncc2C(C)=N1. The van der Waals surface area contributed by atoms with Crippen LogP contribution < -0.4 is 4.74 Å². The summed E-state index contributed by atoms with van der Waals surface area (Å²) < 4.78 is 19.0. The van der Waals surface area contributed by atoms with Crippen LogP contribution in [0.2, 0.25) is 5.15 Å². The quantitative estimate of drug-likeness (QED) is 0.770. The number of hydrogen-bond acceptors (Lipinski definition) is 3. The number of aliphatic imine (C=N–C) groups is 1. The van der Waals surface area contributed by atoms with Crippen LogP contribution in [-0.4, -0.2) is 17.8 Å². The third kappa shape index (κ3) is 2.83. The normalized spacial score (nSPS) is 17.5. The molecule has 0 fully saturated rings. The number of benzene rings is 1. The summed E-state index contributed by atoms with van der Waals surface area (Å²) in [5.41, 5.74) is 3.78. The second-order valence-corrected chi connectivity index (χ2v) is 5.71. The molecule has 0 bridgehead atoms. The summed E-state index contributed by atoms with van der Waals surface area (Å²) >= 11 is 5.98. The number of nitrogens with zero attached hydrogens (tertiary/aromatic N) is 2. The average molecular weight is 319 g/mol. The molecule has 0 amide bonds. The lowest BCUT2D eigenvalue weighted by Gasteiger charge is -2.15. The molecule has 3 rings (SSSR count). The van der Waals surface area contributed by atoms with E-state index in [0.717, 1.165) is 35.2 Å².